The van der Waals surface area contributed by atoms with Crippen LogP contribution in [0.2, 0.25) is 5.15 Å². The Balaban J connectivity index is 1.78. The normalized spacial score (nSPS) is 18.0. The van der Waals surface area contributed by atoms with Crippen molar-refractivity contribution in [3.05, 3.63) is 64.9 Å². The molecule has 0 spiro atoms. The van der Waals surface area contributed by atoms with Crippen molar-refractivity contribution >= 4 is 17.5 Å². The van der Waals surface area contributed by atoms with E-state index in [9.17, 15) is 4.79 Å². The van der Waals surface area contributed by atoms with Crippen molar-refractivity contribution in [3.63, 3.8) is 0 Å². The molecule has 3 rings (SSSR count). The Morgan fingerprint density at radius 1 is 1.24 bits per heavy atom. The number of hydrogen-bond donors (Lipinski definition) is 0. The summed E-state index contributed by atoms with van der Waals surface area (Å²) in [4.78, 5) is 18.6. The van der Waals surface area contributed by atoms with Crippen LogP contribution in [0.15, 0.2) is 48.7 Å². The third-order valence-corrected chi connectivity index (χ3v) is 4.24. The van der Waals surface area contributed by atoms with Crippen molar-refractivity contribution in [1.29, 1.82) is 0 Å². The second-order valence-corrected chi connectivity index (χ2v) is 5.68. The summed E-state index contributed by atoms with van der Waals surface area (Å²) in [6.45, 7) is 0.793. The first kappa shape index (κ1) is 14.1. The maximum Gasteiger partial charge on any atom is 0.257 e. The molecule has 0 radical (unpaired) electrons. The van der Waals surface area contributed by atoms with Crippen molar-refractivity contribution in [2.24, 2.45) is 0 Å². The minimum absolute atomic E-state index is 0.00784. The summed E-state index contributed by atoms with van der Waals surface area (Å²) in [7, 11) is 0. The van der Waals surface area contributed by atoms with Crippen molar-refractivity contribution in [2.75, 3.05) is 6.54 Å². The van der Waals surface area contributed by atoms with Gasteiger partial charge in [-0.1, -0.05) is 41.9 Å². The highest BCUT2D eigenvalue weighted by Gasteiger charge is 2.30. The molecule has 1 aromatic heterocycles. The lowest BCUT2D eigenvalue weighted by Gasteiger charge is -2.25. The average Bonchev–Trinajstić information content (AvgIpc) is 2.96. The second kappa shape index (κ2) is 6.27. The predicted octanol–water partition coefficient (Wildman–Crippen LogP) is 3.58. The topological polar surface area (TPSA) is 33.2 Å². The minimum atomic E-state index is -0.00784. The number of benzene rings is 1. The predicted molar refractivity (Wildman–Crippen MR) is 83.5 cm³/mol. The molecular weight excluding hydrogens is 284 g/mol. The third-order valence-electron chi connectivity index (χ3n) is 3.94. The Bertz CT molecular complexity index is 630. The van der Waals surface area contributed by atoms with E-state index in [1.165, 1.54) is 5.56 Å². The van der Waals surface area contributed by atoms with Crippen LogP contribution in [0.4, 0.5) is 0 Å². The molecule has 3 nitrogen and oxygen atoms in total. The molecule has 1 amide bonds. The van der Waals surface area contributed by atoms with Crippen molar-refractivity contribution in [3.8, 4) is 0 Å². The smallest absolute Gasteiger partial charge is 0.257 e. The molecule has 0 N–H and O–H groups in total. The monoisotopic (exact) mass is 300 g/mol. The van der Waals surface area contributed by atoms with E-state index in [0.29, 0.717) is 5.56 Å². The Morgan fingerprint density at radius 2 is 2.05 bits per heavy atom. The molecule has 2 aromatic rings. The van der Waals surface area contributed by atoms with Gasteiger partial charge in [-0.3, -0.25) is 4.79 Å². The van der Waals surface area contributed by atoms with Crippen LogP contribution >= 0.6 is 11.6 Å². The van der Waals surface area contributed by atoms with E-state index in [2.05, 4.69) is 17.1 Å². The lowest BCUT2D eigenvalue weighted by molar-refractivity contribution is 0.0736. The molecule has 108 valence electrons. The van der Waals surface area contributed by atoms with Gasteiger partial charge in [0.05, 0.1) is 5.56 Å². The fourth-order valence-electron chi connectivity index (χ4n) is 2.90. The molecular formula is C17H17ClN2O. The van der Waals surface area contributed by atoms with Crippen molar-refractivity contribution < 1.29 is 4.79 Å². The Hall–Kier alpha value is -1.87. The fraction of sp³-hybridized carbons (Fsp3) is 0.294. The van der Waals surface area contributed by atoms with E-state index < -0.39 is 0 Å². The van der Waals surface area contributed by atoms with Gasteiger partial charge in [-0.2, -0.15) is 0 Å². The highest BCUT2D eigenvalue weighted by atomic mass is 35.5. The third kappa shape index (κ3) is 3.08. The summed E-state index contributed by atoms with van der Waals surface area (Å²) < 4.78 is 0. The fourth-order valence-corrected chi connectivity index (χ4v) is 3.10. The highest BCUT2D eigenvalue weighted by Crippen LogP contribution is 2.25. The van der Waals surface area contributed by atoms with Gasteiger partial charge in [0.25, 0.3) is 5.91 Å². The van der Waals surface area contributed by atoms with Gasteiger partial charge < -0.3 is 4.90 Å². The minimum Gasteiger partial charge on any atom is -0.335 e. The van der Waals surface area contributed by atoms with Crippen LogP contribution in [-0.2, 0) is 6.42 Å². The van der Waals surface area contributed by atoms with E-state index in [1.54, 1.807) is 18.3 Å². The molecule has 21 heavy (non-hydrogen) atoms. The van der Waals surface area contributed by atoms with E-state index in [-0.39, 0.29) is 17.1 Å². The SMILES string of the molecule is O=C(c1cccnc1Cl)N1CCCC1Cc1ccccc1. The number of likely N-dealkylation sites (tertiary alicyclic amines) is 1. The summed E-state index contributed by atoms with van der Waals surface area (Å²) in [5.41, 5.74) is 1.76. The number of pyridine rings is 1. The number of rotatable bonds is 3. The number of amides is 1. The van der Waals surface area contributed by atoms with Crippen molar-refractivity contribution in [1.82, 2.24) is 9.88 Å². The van der Waals surface area contributed by atoms with Gasteiger partial charge in [0, 0.05) is 18.8 Å². The van der Waals surface area contributed by atoms with Crippen LogP contribution in [0.1, 0.15) is 28.8 Å². The van der Waals surface area contributed by atoms with Crippen LogP contribution < -0.4 is 0 Å². The maximum atomic E-state index is 12.7. The van der Waals surface area contributed by atoms with E-state index in [1.807, 2.05) is 23.1 Å². The molecule has 1 fully saturated rings. The molecule has 0 saturated carbocycles. The molecule has 1 unspecified atom stereocenters. The first-order valence-electron chi connectivity index (χ1n) is 7.21. The summed E-state index contributed by atoms with van der Waals surface area (Å²) in [6.07, 6.45) is 4.58. The van der Waals surface area contributed by atoms with Gasteiger partial charge in [-0.25, -0.2) is 4.98 Å². The Kier molecular flexibility index (Phi) is 4.20. The molecule has 1 aliphatic heterocycles. The molecule has 0 aliphatic carbocycles. The summed E-state index contributed by atoms with van der Waals surface area (Å²) in [5, 5.41) is 0.285. The lowest BCUT2D eigenvalue weighted by Crippen LogP contribution is -2.37. The number of carbonyl (C=O) groups is 1. The van der Waals surface area contributed by atoms with E-state index >= 15 is 0 Å². The van der Waals surface area contributed by atoms with Crippen LogP contribution in [0.5, 0.6) is 0 Å². The quantitative estimate of drug-likeness (QED) is 0.812. The standard InChI is InChI=1S/C17H17ClN2O/c18-16-15(9-4-10-19-16)17(21)20-11-5-8-14(20)12-13-6-2-1-3-7-13/h1-4,6-7,9-10,14H,5,8,11-12H2. The van der Waals surface area contributed by atoms with Gasteiger partial charge in [0.1, 0.15) is 5.15 Å². The molecule has 2 heterocycles. The average molecular weight is 301 g/mol. The second-order valence-electron chi connectivity index (χ2n) is 5.33. The van der Waals surface area contributed by atoms with Crippen LogP contribution in [0.25, 0.3) is 0 Å². The highest BCUT2D eigenvalue weighted by molar-refractivity contribution is 6.32. The first-order chi connectivity index (χ1) is 10.3. The van der Waals surface area contributed by atoms with E-state index in [4.69, 9.17) is 11.6 Å². The van der Waals surface area contributed by atoms with Crippen molar-refractivity contribution in [2.45, 2.75) is 25.3 Å². The lowest BCUT2D eigenvalue weighted by atomic mass is 10.0. The number of halogens is 1. The molecule has 0 bridgehead atoms. The molecule has 1 saturated heterocycles. The summed E-state index contributed by atoms with van der Waals surface area (Å²) in [5.74, 6) is -0.00784. The number of aromatic nitrogens is 1. The summed E-state index contributed by atoms with van der Waals surface area (Å²) >= 11 is 6.05. The molecule has 1 aliphatic rings. The van der Waals surface area contributed by atoms with Gasteiger partial charge in [0.2, 0.25) is 0 Å². The zero-order valence-corrected chi connectivity index (χ0v) is 12.5. The number of carbonyl (C=O) groups excluding carboxylic acids is 1. The first-order valence-corrected chi connectivity index (χ1v) is 7.59. The van der Waals surface area contributed by atoms with Crippen LogP contribution in [0, 0.1) is 0 Å². The molecule has 4 heteroatoms. The maximum absolute atomic E-state index is 12.7. The van der Waals surface area contributed by atoms with Gasteiger partial charge in [-0.05, 0) is 37.0 Å². The number of hydrogen-bond acceptors (Lipinski definition) is 2. The van der Waals surface area contributed by atoms with Crippen LogP contribution in [0.3, 0.4) is 0 Å². The van der Waals surface area contributed by atoms with Crippen LogP contribution in [-0.4, -0.2) is 28.4 Å². The molecule has 1 atom stereocenters. The number of nitrogens with zero attached hydrogens (tertiary/aromatic N) is 2. The largest absolute Gasteiger partial charge is 0.335 e. The zero-order chi connectivity index (χ0) is 14.7. The zero-order valence-electron chi connectivity index (χ0n) is 11.7. The van der Waals surface area contributed by atoms with E-state index in [0.717, 1.165) is 25.8 Å². The van der Waals surface area contributed by atoms with Gasteiger partial charge >= 0.3 is 0 Å². The Labute approximate surface area is 129 Å². The summed E-state index contributed by atoms with van der Waals surface area (Å²) in [6, 6.07) is 14.0. The van der Waals surface area contributed by atoms with Gasteiger partial charge in [0.15, 0.2) is 0 Å². The Morgan fingerprint density at radius 3 is 2.81 bits per heavy atom. The van der Waals surface area contributed by atoms with Gasteiger partial charge in [-0.15, -0.1) is 0 Å². The molecule has 1 aromatic carbocycles.